The second-order valence-corrected chi connectivity index (χ2v) is 6.10. The highest BCUT2D eigenvalue weighted by molar-refractivity contribution is 7.92. The zero-order valence-electron chi connectivity index (χ0n) is 11.5. The molecule has 0 atom stereocenters. The van der Waals surface area contributed by atoms with Crippen molar-refractivity contribution in [2.24, 2.45) is 0 Å². The van der Waals surface area contributed by atoms with E-state index in [1.54, 1.807) is 13.0 Å². The number of benzene rings is 1. The highest BCUT2D eigenvalue weighted by Gasteiger charge is 2.18. The van der Waals surface area contributed by atoms with Crippen molar-refractivity contribution < 1.29 is 8.42 Å². The second-order valence-electron chi connectivity index (χ2n) is 4.45. The summed E-state index contributed by atoms with van der Waals surface area (Å²) in [5.74, 6) is 0. The number of hydrogen-bond donors (Lipinski definition) is 3. The number of aromatic nitrogens is 2. The Morgan fingerprint density at radius 1 is 1.35 bits per heavy atom. The van der Waals surface area contributed by atoms with E-state index in [2.05, 4.69) is 20.2 Å². The summed E-state index contributed by atoms with van der Waals surface area (Å²) in [7, 11) is -3.60. The maximum atomic E-state index is 12.2. The monoisotopic (exact) mass is 294 g/mol. The first-order valence-electron chi connectivity index (χ1n) is 6.35. The van der Waals surface area contributed by atoms with Crippen LogP contribution in [0.1, 0.15) is 18.2 Å². The summed E-state index contributed by atoms with van der Waals surface area (Å²) in [5, 5.41) is 9.55. The molecule has 0 fully saturated rings. The molecule has 0 bridgehead atoms. The largest absolute Gasteiger partial charge is 0.313 e. The highest BCUT2D eigenvalue weighted by Crippen LogP contribution is 2.18. The third-order valence-corrected chi connectivity index (χ3v) is 4.33. The SMILES string of the molecule is CCNCc1cccc(NS(=O)(=O)c2cn[nH]c2C)c1. The molecule has 6 nitrogen and oxygen atoms in total. The molecule has 1 aromatic heterocycles. The topological polar surface area (TPSA) is 86.9 Å². The fraction of sp³-hybridized carbons (Fsp3) is 0.308. The van der Waals surface area contributed by atoms with Crippen LogP contribution in [0.2, 0.25) is 0 Å². The van der Waals surface area contributed by atoms with Crippen molar-refractivity contribution in [2.45, 2.75) is 25.3 Å². The van der Waals surface area contributed by atoms with Gasteiger partial charge in [-0.2, -0.15) is 5.10 Å². The average molecular weight is 294 g/mol. The third-order valence-electron chi connectivity index (χ3n) is 2.83. The van der Waals surface area contributed by atoms with Crippen molar-refractivity contribution in [3.8, 4) is 0 Å². The molecular weight excluding hydrogens is 276 g/mol. The Balaban J connectivity index is 2.19. The number of sulfonamides is 1. The predicted octanol–water partition coefficient (Wildman–Crippen LogP) is 1.63. The summed E-state index contributed by atoms with van der Waals surface area (Å²) in [6, 6.07) is 7.31. The smallest absolute Gasteiger partial charge is 0.265 e. The van der Waals surface area contributed by atoms with E-state index in [1.165, 1.54) is 6.20 Å². The van der Waals surface area contributed by atoms with Gasteiger partial charge in [-0.15, -0.1) is 0 Å². The zero-order chi connectivity index (χ0) is 14.6. The molecule has 7 heteroatoms. The van der Waals surface area contributed by atoms with Crippen molar-refractivity contribution in [3.63, 3.8) is 0 Å². The van der Waals surface area contributed by atoms with Crippen LogP contribution in [0.4, 0.5) is 5.69 Å². The number of aromatic amines is 1. The van der Waals surface area contributed by atoms with Crippen LogP contribution >= 0.6 is 0 Å². The molecule has 1 aromatic carbocycles. The van der Waals surface area contributed by atoms with Gasteiger partial charge in [-0.05, 0) is 31.2 Å². The van der Waals surface area contributed by atoms with Gasteiger partial charge in [0.1, 0.15) is 4.90 Å². The van der Waals surface area contributed by atoms with E-state index >= 15 is 0 Å². The minimum Gasteiger partial charge on any atom is -0.313 e. The van der Waals surface area contributed by atoms with E-state index in [-0.39, 0.29) is 4.90 Å². The molecule has 0 aliphatic heterocycles. The molecule has 0 saturated heterocycles. The summed E-state index contributed by atoms with van der Waals surface area (Å²) in [5.41, 5.74) is 2.08. The summed E-state index contributed by atoms with van der Waals surface area (Å²) < 4.78 is 27.0. The van der Waals surface area contributed by atoms with Gasteiger partial charge < -0.3 is 5.32 Å². The molecule has 3 N–H and O–H groups in total. The number of aryl methyl sites for hydroxylation is 1. The number of rotatable bonds is 6. The molecule has 20 heavy (non-hydrogen) atoms. The zero-order valence-corrected chi connectivity index (χ0v) is 12.3. The third kappa shape index (κ3) is 3.37. The lowest BCUT2D eigenvalue weighted by molar-refractivity contribution is 0.600. The first-order chi connectivity index (χ1) is 9.53. The van der Waals surface area contributed by atoms with Crippen molar-refractivity contribution in [1.82, 2.24) is 15.5 Å². The predicted molar refractivity (Wildman–Crippen MR) is 78.0 cm³/mol. The standard InChI is InChI=1S/C13H18N4O2S/c1-3-14-8-11-5-4-6-12(7-11)17-20(18,19)13-9-15-16-10(13)2/h4-7,9,14,17H,3,8H2,1-2H3,(H,15,16). The summed E-state index contributed by atoms with van der Waals surface area (Å²) in [4.78, 5) is 0.162. The fourth-order valence-corrected chi connectivity index (χ4v) is 3.02. The first-order valence-corrected chi connectivity index (χ1v) is 7.83. The van der Waals surface area contributed by atoms with Crippen LogP contribution in [-0.2, 0) is 16.6 Å². The minimum absolute atomic E-state index is 0.162. The maximum Gasteiger partial charge on any atom is 0.265 e. The molecule has 0 amide bonds. The van der Waals surface area contributed by atoms with Gasteiger partial charge in [0.2, 0.25) is 0 Å². The van der Waals surface area contributed by atoms with Gasteiger partial charge >= 0.3 is 0 Å². The van der Waals surface area contributed by atoms with Crippen LogP contribution in [0.15, 0.2) is 35.4 Å². The Kier molecular flexibility index (Phi) is 4.41. The van der Waals surface area contributed by atoms with Gasteiger partial charge in [0.15, 0.2) is 0 Å². The molecule has 0 aliphatic carbocycles. The molecule has 2 aromatic rings. The van der Waals surface area contributed by atoms with E-state index in [0.29, 0.717) is 17.9 Å². The molecule has 108 valence electrons. The quantitative estimate of drug-likeness (QED) is 0.755. The minimum atomic E-state index is -3.60. The van der Waals surface area contributed by atoms with Crippen molar-refractivity contribution in [2.75, 3.05) is 11.3 Å². The van der Waals surface area contributed by atoms with E-state index in [4.69, 9.17) is 0 Å². The second kappa shape index (κ2) is 6.06. The normalized spacial score (nSPS) is 11.5. The van der Waals surface area contributed by atoms with Gasteiger partial charge in [0, 0.05) is 12.2 Å². The molecule has 0 radical (unpaired) electrons. The average Bonchev–Trinajstić information content (AvgIpc) is 2.83. The number of H-pyrrole nitrogens is 1. The molecule has 1 heterocycles. The van der Waals surface area contributed by atoms with Crippen molar-refractivity contribution in [1.29, 1.82) is 0 Å². The van der Waals surface area contributed by atoms with E-state index < -0.39 is 10.0 Å². The van der Waals surface area contributed by atoms with Crippen LogP contribution in [0.5, 0.6) is 0 Å². The highest BCUT2D eigenvalue weighted by atomic mass is 32.2. The Morgan fingerprint density at radius 2 is 2.15 bits per heavy atom. The number of nitrogens with zero attached hydrogens (tertiary/aromatic N) is 1. The number of hydrogen-bond acceptors (Lipinski definition) is 4. The van der Waals surface area contributed by atoms with Gasteiger partial charge in [-0.3, -0.25) is 9.82 Å². The van der Waals surface area contributed by atoms with Crippen molar-refractivity contribution >= 4 is 15.7 Å². The van der Waals surface area contributed by atoms with Crippen molar-refractivity contribution in [3.05, 3.63) is 41.7 Å². The lowest BCUT2D eigenvalue weighted by Gasteiger charge is -2.09. The van der Waals surface area contributed by atoms with Gasteiger partial charge in [-0.25, -0.2) is 8.42 Å². The van der Waals surface area contributed by atoms with Gasteiger partial charge in [-0.1, -0.05) is 19.1 Å². The molecule has 0 unspecified atom stereocenters. The van der Waals surface area contributed by atoms with Crippen LogP contribution < -0.4 is 10.0 Å². The van der Waals surface area contributed by atoms with Gasteiger partial charge in [0.05, 0.1) is 11.9 Å². The number of anilines is 1. The molecule has 0 saturated carbocycles. The van der Waals surface area contributed by atoms with Crippen LogP contribution in [-0.4, -0.2) is 25.2 Å². The Labute approximate surface area is 118 Å². The van der Waals surface area contributed by atoms with E-state index in [9.17, 15) is 8.42 Å². The molecule has 0 spiro atoms. The summed E-state index contributed by atoms with van der Waals surface area (Å²) in [6.07, 6.45) is 1.31. The Hall–Kier alpha value is -1.86. The molecule has 2 rings (SSSR count). The maximum absolute atomic E-state index is 12.2. The van der Waals surface area contributed by atoms with Crippen LogP contribution in [0, 0.1) is 6.92 Å². The Bertz CT molecular complexity index is 679. The lowest BCUT2D eigenvalue weighted by atomic mass is 10.2. The van der Waals surface area contributed by atoms with Crippen LogP contribution in [0.25, 0.3) is 0 Å². The fourth-order valence-electron chi connectivity index (χ4n) is 1.83. The van der Waals surface area contributed by atoms with Gasteiger partial charge in [0.25, 0.3) is 10.0 Å². The molecular formula is C13H18N4O2S. The first kappa shape index (κ1) is 14.5. The molecule has 0 aliphatic rings. The Morgan fingerprint density at radius 3 is 2.80 bits per heavy atom. The lowest BCUT2D eigenvalue weighted by Crippen LogP contribution is -2.15. The van der Waals surface area contributed by atoms with E-state index in [0.717, 1.165) is 12.1 Å². The van der Waals surface area contributed by atoms with Crippen LogP contribution in [0.3, 0.4) is 0 Å². The number of nitrogens with one attached hydrogen (secondary N) is 3. The summed E-state index contributed by atoms with van der Waals surface area (Å²) in [6.45, 7) is 5.26. The van der Waals surface area contributed by atoms with E-state index in [1.807, 2.05) is 25.1 Å². The summed E-state index contributed by atoms with van der Waals surface area (Å²) >= 11 is 0.